The van der Waals surface area contributed by atoms with Gasteiger partial charge in [-0.2, -0.15) is 0 Å². The Morgan fingerprint density at radius 3 is 1.38 bits per heavy atom. The molecule has 4 rings (SSSR count). The highest BCUT2D eigenvalue weighted by Crippen LogP contribution is 2.17. The van der Waals surface area contributed by atoms with E-state index in [0.717, 1.165) is 33.8 Å². The number of para-hydroxylation sites is 2. The highest BCUT2D eigenvalue weighted by Gasteiger charge is 2.04. The van der Waals surface area contributed by atoms with Crippen molar-refractivity contribution in [1.29, 1.82) is 0 Å². The van der Waals surface area contributed by atoms with Gasteiger partial charge in [0.1, 0.15) is 0 Å². The van der Waals surface area contributed by atoms with Crippen molar-refractivity contribution in [2.45, 2.75) is 0 Å². The van der Waals surface area contributed by atoms with Crippen molar-refractivity contribution in [3.63, 3.8) is 0 Å². The fourth-order valence-corrected chi connectivity index (χ4v) is 2.55. The Bertz CT molecular complexity index is 983. The van der Waals surface area contributed by atoms with Gasteiger partial charge < -0.3 is 0 Å². The predicted octanol–water partition coefficient (Wildman–Crippen LogP) is 4.76. The molecule has 0 spiro atoms. The normalized spacial score (nSPS) is 11.5. The quantitative estimate of drug-likeness (QED) is 0.539. The second-order valence-corrected chi connectivity index (χ2v) is 5.66. The summed E-state index contributed by atoms with van der Waals surface area (Å²) >= 11 is 0. The molecule has 0 atom stereocenters. The summed E-state index contributed by atoms with van der Waals surface area (Å²) in [7, 11) is 0. The van der Waals surface area contributed by atoms with Crippen LogP contribution in [0.4, 0.5) is 0 Å². The molecule has 4 aromatic rings. The zero-order valence-corrected chi connectivity index (χ0v) is 14.0. The van der Waals surface area contributed by atoms with Crippen LogP contribution in [-0.2, 0) is 0 Å². The minimum Gasteiger partial charge on any atom is -0.257 e. The maximum atomic E-state index is 4.75. The second kappa shape index (κ2) is 7.49. The molecule has 3 heterocycles. The molecule has 1 aromatic carbocycles. The molecule has 3 aromatic heterocycles. The van der Waals surface area contributed by atoms with Crippen LogP contribution in [0.2, 0.25) is 0 Å². The maximum absolute atomic E-state index is 4.75. The molecule has 0 saturated carbocycles. The molecular weight excluding hydrogens is 320 g/mol. The van der Waals surface area contributed by atoms with Gasteiger partial charge in [0.2, 0.25) is 0 Å². The highest BCUT2D eigenvalue weighted by molar-refractivity contribution is 5.82. The van der Waals surface area contributed by atoms with Crippen LogP contribution < -0.4 is 0 Å². The fraction of sp³-hybridized carbons (Fsp3) is 0. The van der Waals surface area contributed by atoms with Crippen molar-refractivity contribution in [3.05, 3.63) is 95.8 Å². The minimum absolute atomic E-state index is 0.793. The number of pyridine rings is 2. The van der Waals surface area contributed by atoms with E-state index in [2.05, 4.69) is 9.97 Å². The third kappa shape index (κ3) is 3.70. The lowest BCUT2D eigenvalue weighted by molar-refractivity contribution is 1.24. The molecule has 0 unspecified atom stereocenters. The SMILES string of the molecule is C(=Cc1nc2ccccc2nc1C=Cc1ccccn1)c1ccccn1. The molecule has 0 aliphatic carbocycles. The van der Waals surface area contributed by atoms with Crippen molar-refractivity contribution in [3.8, 4) is 0 Å². The molecule has 0 saturated heterocycles. The number of aromatic nitrogens is 4. The molecule has 26 heavy (non-hydrogen) atoms. The molecular formula is C22H16N4. The van der Waals surface area contributed by atoms with Crippen LogP contribution in [-0.4, -0.2) is 19.9 Å². The van der Waals surface area contributed by atoms with Gasteiger partial charge in [0.05, 0.1) is 33.8 Å². The summed E-state index contributed by atoms with van der Waals surface area (Å²) in [5.74, 6) is 0. The molecule has 0 aliphatic rings. The highest BCUT2D eigenvalue weighted by atomic mass is 14.8. The Kier molecular flexibility index (Phi) is 4.56. The van der Waals surface area contributed by atoms with Crippen molar-refractivity contribution >= 4 is 35.3 Å². The summed E-state index contributed by atoms with van der Waals surface area (Å²) in [6.45, 7) is 0. The first-order chi connectivity index (χ1) is 12.9. The minimum atomic E-state index is 0.793. The van der Waals surface area contributed by atoms with Gasteiger partial charge >= 0.3 is 0 Å². The Labute approximate surface area is 151 Å². The third-order valence-corrected chi connectivity index (χ3v) is 3.83. The molecule has 0 bridgehead atoms. The lowest BCUT2D eigenvalue weighted by atomic mass is 10.2. The van der Waals surface area contributed by atoms with Crippen LogP contribution in [0.1, 0.15) is 22.8 Å². The number of rotatable bonds is 4. The van der Waals surface area contributed by atoms with Gasteiger partial charge in [-0.25, -0.2) is 9.97 Å². The average molecular weight is 336 g/mol. The van der Waals surface area contributed by atoms with Crippen LogP contribution in [0.3, 0.4) is 0 Å². The summed E-state index contributed by atoms with van der Waals surface area (Å²) < 4.78 is 0. The molecule has 0 amide bonds. The van der Waals surface area contributed by atoms with E-state index in [1.165, 1.54) is 0 Å². The first-order valence-electron chi connectivity index (χ1n) is 8.33. The van der Waals surface area contributed by atoms with E-state index in [9.17, 15) is 0 Å². The van der Waals surface area contributed by atoms with Gasteiger partial charge in [-0.1, -0.05) is 24.3 Å². The van der Waals surface area contributed by atoms with E-state index in [-0.39, 0.29) is 0 Å². The topological polar surface area (TPSA) is 51.6 Å². The van der Waals surface area contributed by atoms with E-state index in [4.69, 9.17) is 9.97 Å². The fourth-order valence-electron chi connectivity index (χ4n) is 2.55. The van der Waals surface area contributed by atoms with E-state index >= 15 is 0 Å². The standard InChI is InChI=1S/C22H16N4/c1-2-10-20-19(9-1)25-21(13-11-17-7-3-5-15-23-17)22(26-20)14-12-18-8-4-6-16-24-18/h1-16H. The van der Waals surface area contributed by atoms with Gasteiger partial charge in [0.15, 0.2) is 0 Å². The molecule has 4 nitrogen and oxygen atoms in total. The zero-order chi connectivity index (χ0) is 17.6. The van der Waals surface area contributed by atoms with Crippen LogP contribution in [0.25, 0.3) is 35.3 Å². The summed E-state index contributed by atoms with van der Waals surface area (Å²) in [6.07, 6.45) is 11.3. The summed E-state index contributed by atoms with van der Waals surface area (Å²) in [6, 6.07) is 19.5. The lowest BCUT2D eigenvalue weighted by Gasteiger charge is -2.03. The lowest BCUT2D eigenvalue weighted by Crippen LogP contribution is -1.94. The van der Waals surface area contributed by atoms with E-state index in [0.29, 0.717) is 0 Å². The number of hydrogen-bond acceptors (Lipinski definition) is 4. The van der Waals surface area contributed by atoms with Gasteiger partial charge in [0, 0.05) is 12.4 Å². The smallest absolute Gasteiger partial charge is 0.0895 e. The van der Waals surface area contributed by atoms with Gasteiger partial charge in [-0.05, 0) is 60.7 Å². The van der Waals surface area contributed by atoms with E-state index < -0.39 is 0 Å². The predicted molar refractivity (Wildman–Crippen MR) is 106 cm³/mol. The van der Waals surface area contributed by atoms with Crippen molar-refractivity contribution in [1.82, 2.24) is 19.9 Å². The Balaban J connectivity index is 1.76. The summed E-state index contributed by atoms with van der Waals surface area (Å²) in [5.41, 5.74) is 5.07. The average Bonchev–Trinajstić information content (AvgIpc) is 2.72. The number of fused-ring (bicyclic) bond motifs is 1. The number of benzene rings is 1. The molecule has 0 aliphatic heterocycles. The largest absolute Gasteiger partial charge is 0.257 e. The maximum Gasteiger partial charge on any atom is 0.0895 e. The Morgan fingerprint density at radius 1 is 0.500 bits per heavy atom. The van der Waals surface area contributed by atoms with Crippen molar-refractivity contribution in [2.75, 3.05) is 0 Å². The van der Waals surface area contributed by atoms with E-state index in [1.54, 1.807) is 12.4 Å². The van der Waals surface area contributed by atoms with Gasteiger partial charge in [0.25, 0.3) is 0 Å². The second-order valence-electron chi connectivity index (χ2n) is 5.66. The van der Waals surface area contributed by atoms with Crippen molar-refractivity contribution < 1.29 is 0 Å². The first-order valence-corrected chi connectivity index (χ1v) is 8.33. The summed E-state index contributed by atoms with van der Waals surface area (Å²) in [5, 5.41) is 0. The molecule has 0 radical (unpaired) electrons. The van der Waals surface area contributed by atoms with Crippen LogP contribution in [0, 0.1) is 0 Å². The Morgan fingerprint density at radius 2 is 0.962 bits per heavy atom. The monoisotopic (exact) mass is 336 g/mol. The van der Waals surface area contributed by atoms with E-state index in [1.807, 2.05) is 85.0 Å². The molecule has 0 fully saturated rings. The third-order valence-electron chi connectivity index (χ3n) is 3.83. The molecule has 124 valence electrons. The Hall–Kier alpha value is -3.66. The van der Waals surface area contributed by atoms with Gasteiger partial charge in [-0.15, -0.1) is 0 Å². The molecule has 4 heteroatoms. The molecule has 0 N–H and O–H groups in total. The first kappa shape index (κ1) is 15.8. The van der Waals surface area contributed by atoms with Gasteiger partial charge in [-0.3, -0.25) is 9.97 Å². The van der Waals surface area contributed by atoms with Crippen LogP contribution >= 0.6 is 0 Å². The number of nitrogens with zero attached hydrogens (tertiary/aromatic N) is 4. The van der Waals surface area contributed by atoms with Crippen LogP contribution in [0.5, 0.6) is 0 Å². The van der Waals surface area contributed by atoms with Crippen LogP contribution in [0.15, 0.2) is 73.1 Å². The van der Waals surface area contributed by atoms with Crippen molar-refractivity contribution in [2.24, 2.45) is 0 Å². The zero-order valence-electron chi connectivity index (χ0n) is 14.0. The number of hydrogen-bond donors (Lipinski definition) is 0. The summed E-state index contributed by atoms with van der Waals surface area (Å²) in [4.78, 5) is 18.1.